The number of carbonyl (C=O) groups excluding carboxylic acids is 4. The van der Waals surface area contributed by atoms with Crippen LogP contribution in [0.25, 0.3) is 0 Å². The van der Waals surface area contributed by atoms with E-state index in [9.17, 15) is 37.3 Å². The Balaban J connectivity index is 0. The Labute approximate surface area is 338 Å². The lowest BCUT2D eigenvalue weighted by molar-refractivity contribution is -0.893. The minimum atomic E-state index is -4.41. The predicted molar refractivity (Wildman–Crippen MR) is 224 cm³/mol. The number of unbranched alkanes of at least 4 members (excludes halogenated alkanes) is 28. The molecule has 0 saturated carbocycles. The highest BCUT2D eigenvalue weighted by molar-refractivity contribution is 7.80. The van der Waals surface area contributed by atoms with Crippen LogP contribution in [0.2, 0.25) is 0 Å². The van der Waals surface area contributed by atoms with Crippen LogP contribution < -0.4 is 0 Å². The van der Waals surface area contributed by atoms with Crippen molar-refractivity contribution in [2.75, 3.05) is 40.4 Å². The number of aliphatic hydroxyl groups excluding tert-OH is 1. The van der Waals surface area contributed by atoms with E-state index in [2.05, 4.69) is 18.0 Å². The Morgan fingerprint density at radius 3 is 0.891 bits per heavy atom. The number of carbonyl (C=O) groups is 4. The topological polar surface area (TPSA) is 155 Å². The molecule has 55 heavy (non-hydrogen) atoms. The second-order valence-electron chi connectivity index (χ2n) is 16.1. The number of ketones is 4. The van der Waals surface area contributed by atoms with E-state index in [1.165, 1.54) is 154 Å². The van der Waals surface area contributed by atoms with Crippen LogP contribution in [0, 0.1) is 0 Å². The maximum Gasteiger partial charge on any atom is 0.252 e. The van der Waals surface area contributed by atoms with E-state index < -0.39 is 33.5 Å². The van der Waals surface area contributed by atoms with Gasteiger partial charge in [0.2, 0.25) is 22.0 Å². The fourth-order valence-electron chi connectivity index (χ4n) is 6.92. The standard InChI is InChI=1S/C43H82NO5.CH4O4S/c1-4-6-8-10-12-14-16-18-20-22-24-26-28-30-32-34-40(46)42(48)38-44(3,36-37-45)39-43(49)41(47)35-33-31-29-27-25-23-21-19-17-15-13-11-9-7-5-2;1-5-6(2,3)4/h45H,4-39H2,1-3H3;1H3,(H,2,3,4)/q+1;/p-1. The second-order valence-corrected chi connectivity index (χ2v) is 17.2. The third-order valence-electron chi connectivity index (χ3n) is 10.5. The smallest absolute Gasteiger partial charge is 0.252 e. The molecule has 0 bridgehead atoms. The van der Waals surface area contributed by atoms with Crippen LogP contribution in [0.3, 0.4) is 0 Å². The Kier molecular flexibility index (Phi) is 39.7. The minimum absolute atomic E-state index is 0.0939. The van der Waals surface area contributed by atoms with Crippen LogP contribution in [-0.2, 0) is 33.8 Å². The molecule has 10 nitrogen and oxygen atoms in total. The molecule has 0 aromatic heterocycles. The van der Waals surface area contributed by atoms with Crippen molar-refractivity contribution >= 4 is 33.5 Å². The quantitative estimate of drug-likeness (QED) is 0.0209. The molecule has 0 aliphatic heterocycles. The molecular formula is C44H85NO9S. The summed E-state index contributed by atoms with van der Waals surface area (Å²) in [5.41, 5.74) is 0. The van der Waals surface area contributed by atoms with Gasteiger partial charge in [0.05, 0.1) is 20.8 Å². The number of hydrogen-bond acceptors (Lipinski definition) is 9. The highest BCUT2D eigenvalue weighted by Gasteiger charge is 2.32. The molecular weight excluding hydrogens is 719 g/mol. The van der Waals surface area contributed by atoms with Crippen molar-refractivity contribution in [3.63, 3.8) is 0 Å². The van der Waals surface area contributed by atoms with Crippen molar-refractivity contribution in [3.8, 4) is 0 Å². The maximum atomic E-state index is 12.7. The van der Waals surface area contributed by atoms with Crippen molar-refractivity contribution in [2.45, 2.75) is 219 Å². The molecule has 0 aromatic rings. The maximum absolute atomic E-state index is 12.7. The molecule has 0 aliphatic carbocycles. The molecule has 1 N–H and O–H groups in total. The van der Waals surface area contributed by atoms with Crippen molar-refractivity contribution in [3.05, 3.63) is 0 Å². The number of quaternary nitrogens is 1. The Morgan fingerprint density at radius 1 is 0.473 bits per heavy atom. The molecule has 0 heterocycles. The zero-order valence-electron chi connectivity index (χ0n) is 36.0. The Morgan fingerprint density at radius 2 is 0.691 bits per heavy atom. The summed E-state index contributed by atoms with van der Waals surface area (Å²) in [6, 6.07) is 0. The fourth-order valence-corrected chi connectivity index (χ4v) is 6.92. The van der Waals surface area contributed by atoms with Crippen molar-refractivity contribution in [1.82, 2.24) is 0 Å². The van der Waals surface area contributed by atoms with Crippen LogP contribution in [0.1, 0.15) is 219 Å². The number of nitrogens with zero attached hydrogens (tertiary/aromatic N) is 1. The van der Waals surface area contributed by atoms with E-state index in [0.717, 1.165) is 32.8 Å². The summed E-state index contributed by atoms with van der Waals surface area (Å²) in [7, 11) is -1.92. The van der Waals surface area contributed by atoms with E-state index in [1.807, 2.05) is 0 Å². The van der Waals surface area contributed by atoms with Gasteiger partial charge in [0, 0.05) is 12.8 Å². The first-order valence-corrected chi connectivity index (χ1v) is 23.8. The first-order valence-electron chi connectivity index (χ1n) is 22.4. The number of likely N-dealkylation sites (N-methyl/N-ethyl adjacent to an activating group) is 1. The van der Waals surface area contributed by atoms with Crippen LogP contribution in [0.15, 0.2) is 0 Å². The van der Waals surface area contributed by atoms with Crippen molar-refractivity contribution in [1.29, 1.82) is 0 Å². The van der Waals surface area contributed by atoms with E-state index in [0.29, 0.717) is 12.8 Å². The lowest BCUT2D eigenvalue weighted by atomic mass is 10.0. The molecule has 0 aromatic carbocycles. The van der Waals surface area contributed by atoms with E-state index in [1.54, 1.807) is 7.05 Å². The van der Waals surface area contributed by atoms with Gasteiger partial charge in [-0.2, -0.15) is 0 Å². The largest absolute Gasteiger partial charge is 0.726 e. The van der Waals surface area contributed by atoms with Gasteiger partial charge in [-0.3, -0.25) is 23.4 Å². The van der Waals surface area contributed by atoms with Gasteiger partial charge in [0.15, 0.2) is 0 Å². The lowest BCUT2D eigenvalue weighted by Gasteiger charge is -2.32. The number of rotatable bonds is 41. The summed E-state index contributed by atoms with van der Waals surface area (Å²) in [6.45, 7) is 4.19. The van der Waals surface area contributed by atoms with Crippen LogP contribution in [0.5, 0.6) is 0 Å². The monoisotopic (exact) mass is 804 g/mol. The van der Waals surface area contributed by atoms with Gasteiger partial charge in [-0.25, -0.2) is 8.42 Å². The first-order chi connectivity index (χ1) is 26.4. The van der Waals surface area contributed by atoms with E-state index in [-0.39, 0.29) is 43.6 Å². The second kappa shape index (κ2) is 39.3. The van der Waals surface area contributed by atoms with Crippen LogP contribution in [-0.4, -0.2) is 86.1 Å². The molecule has 0 atom stereocenters. The van der Waals surface area contributed by atoms with Crippen molar-refractivity contribution < 1.29 is 45.9 Å². The zero-order chi connectivity index (χ0) is 41.5. The summed E-state index contributed by atoms with van der Waals surface area (Å²) in [5, 5.41) is 9.60. The van der Waals surface area contributed by atoms with Gasteiger partial charge < -0.3 is 14.1 Å². The predicted octanol–water partition coefficient (Wildman–Crippen LogP) is 10.3. The Bertz CT molecular complexity index is 988. The third-order valence-corrected chi connectivity index (χ3v) is 10.9. The van der Waals surface area contributed by atoms with Gasteiger partial charge in [0.1, 0.15) is 19.6 Å². The first kappa shape index (κ1) is 55.6. The van der Waals surface area contributed by atoms with E-state index >= 15 is 0 Å². The van der Waals surface area contributed by atoms with Gasteiger partial charge in [-0.15, -0.1) is 0 Å². The molecule has 0 rings (SSSR count). The SMILES string of the molecule is CCCCCCCCCCCCCCCCCC(=O)C(=O)C[N+](C)(CCO)CC(=O)C(=O)CCCCCCCCCCCCCCCCC.COS(=O)(=O)[O-]. The summed E-state index contributed by atoms with van der Waals surface area (Å²) >= 11 is 0. The minimum Gasteiger partial charge on any atom is -0.726 e. The number of aliphatic hydroxyl groups is 1. The average Bonchev–Trinajstić information content (AvgIpc) is 3.14. The normalized spacial score (nSPS) is 11.7. The number of hydrogen-bond donors (Lipinski definition) is 1. The molecule has 0 fully saturated rings. The van der Waals surface area contributed by atoms with Gasteiger partial charge in [-0.1, -0.05) is 194 Å². The third kappa shape index (κ3) is 40.5. The van der Waals surface area contributed by atoms with Crippen LogP contribution in [0.4, 0.5) is 0 Å². The number of Topliss-reactive ketones (excluding diaryl/α,β-unsaturated/α-hetero) is 4. The molecule has 0 aliphatic rings. The van der Waals surface area contributed by atoms with E-state index in [4.69, 9.17) is 0 Å². The average molecular weight is 804 g/mol. The van der Waals surface area contributed by atoms with Gasteiger partial charge in [0.25, 0.3) is 11.6 Å². The molecule has 0 unspecified atom stereocenters. The Hall–Kier alpha value is -1.53. The molecule has 0 saturated heterocycles. The van der Waals surface area contributed by atoms with Crippen LogP contribution >= 0.6 is 0 Å². The van der Waals surface area contributed by atoms with Gasteiger partial charge >= 0.3 is 0 Å². The summed E-state index contributed by atoms with van der Waals surface area (Å²) in [4.78, 5) is 50.6. The molecule has 0 radical (unpaired) electrons. The van der Waals surface area contributed by atoms with Crippen molar-refractivity contribution in [2.24, 2.45) is 0 Å². The molecule has 0 spiro atoms. The molecule has 0 amide bonds. The fraction of sp³-hybridized carbons (Fsp3) is 0.909. The summed E-state index contributed by atoms with van der Waals surface area (Å²) < 4.78 is 30.9. The summed E-state index contributed by atoms with van der Waals surface area (Å²) in [5.74, 6) is -1.78. The highest BCUT2D eigenvalue weighted by atomic mass is 32.3. The lowest BCUT2D eigenvalue weighted by Crippen LogP contribution is -2.54. The van der Waals surface area contributed by atoms with Gasteiger partial charge in [-0.05, 0) is 12.8 Å². The molecule has 326 valence electrons. The highest BCUT2D eigenvalue weighted by Crippen LogP contribution is 2.16. The zero-order valence-corrected chi connectivity index (χ0v) is 36.8. The summed E-state index contributed by atoms with van der Waals surface area (Å²) in [6.07, 6.45) is 37.9. The molecule has 11 heteroatoms.